The van der Waals surface area contributed by atoms with Gasteiger partial charge < -0.3 is 9.42 Å². The maximum atomic E-state index is 12.9. The fourth-order valence-corrected chi connectivity index (χ4v) is 2.91. The normalized spacial score (nSPS) is 10.8. The molecule has 0 unspecified atom stereocenters. The van der Waals surface area contributed by atoms with Crippen LogP contribution in [0.2, 0.25) is 0 Å². The maximum absolute atomic E-state index is 12.9. The van der Waals surface area contributed by atoms with E-state index in [9.17, 15) is 4.79 Å². The number of carbonyl (C=O) groups is 1. The molecule has 5 nitrogen and oxygen atoms in total. The SMILES string of the molecule is CN(C)C(=O)c1cc(-c2ccccc2)nc2onc(-c3ccccc3)c12. The molecular weight excluding hydrogens is 326 g/mol. The Kier molecular flexibility index (Phi) is 3.97. The van der Waals surface area contributed by atoms with Crippen LogP contribution in [0, 0.1) is 0 Å². The second-order valence-corrected chi connectivity index (χ2v) is 6.20. The van der Waals surface area contributed by atoms with Crippen LogP contribution < -0.4 is 0 Å². The molecule has 0 saturated heterocycles. The van der Waals surface area contributed by atoms with E-state index in [1.807, 2.05) is 66.7 Å². The number of benzene rings is 2. The third-order valence-corrected chi connectivity index (χ3v) is 4.20. The number of hydrogen-bond acceptors (Lipinski definition) is 4. The van der Waals surface area contributed by atoms with E-state index in [-0.39, 0.29) is 5.91 Å². The first-order chi connectivity index (χ1) is 12.6. The summed E-state index contributed by atoms with van der Waals surface area (Å²) in [5.74, 6) is -0.116. The second-order valence-electron chi connectivity index (χ2n) is 6.20. The van der Waals surface area contributed by atoms with Gasteiger partial charge in [0, 0.05) is 25.2 Å². The van der Waals surface area contributed by atoms with Crippen LogP contribution in [-0.2, 0) is 0 Å². The number of pyridine rings is 1. The summed E-state index contributed by atoms with van der Waals surface area (Å²) in [6.45, 7) is 0. The van der Waals surface area contributed by atoms with Crippen molar-refractivity contribution in [2.45, 2.75) is 0 Å². The Morgan fingerprint density at radius 1 is 0.923 bits per heavy atom. The van der Waals surface area contributed by atoms with Crippen LogP contribution in [-0.4, -0.2) is 35.0 Å². The zero-order chi connectivity index (χ0) is 18.1. The van der Waals surface area contributed by atoms with Gasteiger partial charge in [0.25, 0.3) is 11.6 Å². The molecule has 5 heteroatoms. The molecule has 4 aromatic rings. The highest BCUT2D eigenvalue weighted by molar-refractivity contribution is 6.10. The van der Waals surface area contributed by atoms with Gasteiger partial charge in [-0.25, -0.2) is 4.98 Å². The smallest absolute Gasteiger partial charge is 0.259 e. The molecule has 0 bridgehead atoms. The van der Waals surface area contributed by atoms with E-state index >= 15 is 0 Å². The van der Waals surface area contributed by atoms with E-state index in [0.29, 0.717) is 28.1 Å². The molecule has 0 spiro atoms. The van der Waals surface area contributed by atoms with Crippen LogP contribution in [0.3, 0.4) is 0 Å². The Labute approximate surface area is 150 Å². The minimum absolute atomic E-state index is 0.116. The monoisotopic (exact) mass is 343 g/mol. The average Bonchev–Trinajstić information content (AvgIpc) is 3.12. The molecule has 4 rings (SSSR count). The van der Waals surface area contributed by atoms with Crippen LogP contribution in [0.5, 0.6) is 0 Å². The van der Waals surface area contributed by atoms with Gasteiger partial charge in [-0.2, -0.15) is 0 Å². The summed E-state index contributed by atoms with van der Waals surface area (Å²) in [6, 6.07) is 21.2. The fraction of sp³-hybridized carbons (Fsp3) is 0.0952. The van der Waals surface area contributed by atoms with Crippen molar-refractivity contribution in [2.24, 2.45) is 0 Å². The Morgan fingerprint density at radius 2 is 1.54 bits per heavy atom. The quantitative estimate of drug-likeness (QED) is 0.558. The zero-order valence-corrected chi connectivity index (χ0v) is 14.5. The highest BCUT2D eigenvalue weighted by Gasteiger charge is 2.22. The van der Waals surface area contributed by atoms with Crippen LogP contribution in [0.1, 0.15) is 10.4 Å². The summed E-state index contributed by atoms with van der Waals surface area (Å²) in [5.41, 5.74) is 3.99. The van der Waals surface area contributed by atoms with Crippen molar-refractivity contribution in [3.05, 3.63) is 72.3 Å². The van der Waals surface area contributed by atoms with Gasteiger partial charge in [0.05, 0.1) is 16.6 Å². The second kappa shape index (κ2) is 6.44. The minimum Gasteiger partial charge on any atom is -0.345 e. The van der Waals surface area contributed by atoms with E-state index in [2.05, 4.69) is 10.1 Å². The third kappa shape index (κ3) is 2.73. The van der Waals surface area contributed by atoms with E-state index in [1.54, 1.807) is 19.0 Å². The molecule has 2 aromatic heterocycles. The average molecular weight is 343 g/mol. The van der Waals surface area contributed by atoms with Crippen molar-refractivity contribution < 1.29 is 9.32 Å². The maximum Gasteiger partial charge on any atom is 0.259 e. The van der Waals surface area contributed by atoms with Crippen LogP contribution in [0.25, 0.3) is 33.6 Å². The van der Waals surface area contributed by atoms with Crippen molar-refractivity contribution >= 4 is 17.0 Å². The van der Waals surface area contributed by atoms with Crippen molar-refractivity contribution in [3.8, 4) is 22.5 Å². The molecule has 26 heavy (non-hydrogen) atoms. The number of amides is 1. The number of nitrogens with zero attached hydrogens (tertiary/aromatic N) is 3. The predicted molar refractivity (Wildman–Crippen MR) is 101 cm³/mol. The predicted octanol–water partition coefficient (Wildman–Crippen LogP) is 4.26. The van der Waals surface area contributed by atoms with Gasteiger partial charge in [0.1, 0.15) is 5.69 Å². The van der Waals surface area contributed by atoms with E-state index in [1.165, 1.54) is 0 Å². The lowest BCUT2D eigenvalue weighted by Crippen LogP contribution is -2.22. The summed E-state index contributed by atoms with van der Waals surface area (Å²) in [5, 5.41) is 4.83. The molecule has 0 fully saturated rings. The number of carbonyl (C=O) groups excluding carboxylic acids is 1. The summed E-state index contributed by atoms with van der Waals surface area (Å²) in [7, 11) is 3.46. The number of rotatable bonds is 3. The largest absolute Gasteiger partial charge is 0.345 e. The van der Waals surface area contributed by atoms with E-state index in [0.717, 1.165) is 11.1 Å². The molecule has 0 N–H and O–H groups in total. The van der Waals surface area contributed by atoms with Gasteiger partial charge in [0.15, 0.2) is 0 Å². The number of hydrogen-bond donors (Lipinski definition) is 0. The first-order valence-corrected chi connectivity index (χ1v) is 8.28. The molecule has 128 valence electrons. The summed E-state index contributed by atoms with van der Waals surface area (Å²) < 4.78 is 5.50. The van der Waals surface area contributed by atoms with Crippen molar-refractivity contribution in [3.63, 3.8) is 0 Å². The fourth-order valence-electron chi connectivity index (χ4n) is 2.91. The van der Waals surface area contributed by atoms with Crippen LogP contribution in [0.15, 0.2) is 71.3 Å². The van der Waals surface area contributed by atoms with E-state index < -0.39 is 0 Å². The summed E-state index contributed by atoms with van der Waals surface area (Å²) >= 11 is 0. The number of aromatic nitrogens is 2. The zero-order valence-electron chi connectivity index (χ0n) is 14.5. The highest BCUT2D eigenvalue weighted by atomic mass is 16.5. The molecule has 0 saturated carbocycles. The van der Waals surface area contributed by atoms with Gasteiger partial charge in [0.2, 0.25) is 0 Å². The van der Waals surface area contributed by atoms with E-state index in [4.69, 9.17) is 4.52 Å². The molecule has 0 atom stereocenters. The van der Waals surface area contributed by atoms with Gasteiger partial charge in [-0.15, -0.1) is 0 Å². The van der Waals surface area contributed by atoms with Crippen LogP contribution >= 0.6 is 0 Å². The summed E-state index contributed by atoms with van der Waals surface area (Å²) in [4.78, 5) is 19.0. The molecular formula is C21H17N3O2. The van der Waals surface area contributed by atoms with Gasteiger partial charge in [-0.1, -0.05) is 65.8 Å². The molecule has 0 radical (unpaired) electrons. The van der Waals surface area contributed by atoms with Crippen molar-refractivity contribution in [2.75, 3.05) is 14.1 Å². The molecule has 0 aliphatic carbocycles. The molecule has 1 amide bonds. The first-order valence-electron chi connectivity index (χ1n) is 8.28. The Balaban J connectivity index is 2.00. The van der Waals surface area contributed by atoms with Gasteiger partial charge >= 0.3 is 0 Å². The van der Waals surface area contributed by atoms with Crippen molar-refractivity contribution in [1.82, 2.24) is 15.0 Å². The van der Waals surface area contributed by atoms with Crippen LogP contribution in [0.4, 0.5) is 0 Å². The standard InChI is InChI=1S/C21H17N3O2/c1-24(2)21(25)16-13-17(14-9-5-3-6-10-14)22-20-18(16)19(23-26-20)15-11-7-4-8-12-15/h3-13H,1-2H3. The summed E-state index contributed by atoms with van der Waals surface area (Å²) in [6.07, 6.45) is 0. The lowest BCUT2D eigenvalue weighted by atomic mass is 10.0. The van der Waals surface area contributed by atoms with Gasteiger partial charge in [-0.3, -0.25) is 4.79 Å². The Morgan fingerprint density at radius 3 is 2.15 bits per heavy atom. The topological polar surface area (TPSA) is 59.2 Å². The molecule has 0 aliphatic heterocycles. The highest BCUT2D eigenvalue weighted by Crippen LogP contribution is 2.33. The molecule has 0 aliphatic rings. The first kappa shape index (κ1) is 16.0. The van der Waals surface area contributed by atoms with Crippen molar-refractivity contribution in [1.29, 1.82) is 0 Å². The lowest BCUT2D eigenvalue weighted by molar-refractivity contribution is 0.0829. The Hall–Kier alpha value is -3.47. The number of fused-ring (bicyclic) bond motifs is 1. The van der Waals surface area contributed by atoms with Gasteiger partial charge in [-0.05, 0) is 6.07 Å². The molecule has 2 heterocycles. The minimum atomic E-state index is -0.116. The molecule has 2 aromatic carbocycles. The lowest BCUT2D eigenvalue weighted by Gasteiger charge is -2.12. The third-order valence-electron chi connectivity index (χ3n) is 4.20. The Bertz CT molecular complexity index is 1070.